The molecule has 37 heavy (non-hydrogen) atoms. The van der Waals surface area contributed by atoms with Crippen LogP contribution in [0.3, 0.4) is 0 Å². The number of fused-ring (bicyclic) bond motifs is 1. The molecule has 2 N–H and O–H groups in total. The molecule has 0 aliphatic carbocycles. The van der Waals surface area contributed by atoms with Gasteiger partial charge in [-0.1, -0.05) is 24.3 Å². The normalized spacial score (nSPS) is 10.9. The van der Waals surface area contributed by atoms with Crippen LogP contribution in [0.1, 0.15) is 11.1 Å². The van der Waals surface area contributed by atoms with E-state index in [0.717, 1.165) is 32.7 Å². The van der Waals surface area contributed by atoms with Crippen LogP contribution in [-0.2, 0) is 23.1 Å². The van der Waals surface area contributed by atoms with Crippen LogP contribution in [0, 0.1) is 74.4 Å². The molecule has 184 valence electrons. The first-order valence-electron chi connectivity index (χ1n) is 10.8. The maximum absolute atomic E-state index is 12.5. The number of nitrogens with zero attached hydrogens (tertiary/aromatic N) is 3. The van der Waals surface area contributed by atoms with Gasteiger partial charge in [-0.05, 0) is 43.7 Å². The molecule has 5 aromatic rings. The molecule has 2 heterocycles. The van der Waals surface area contributed by atoms with E-state index in [1.54, 1.807) is 28.9 Å². The first-order valence-corrected chi connectivity index (χ1v) is 13.1. The van der Waals surface area contributed by atoms with Crippen molar-refractivity contribution in [3.05, 3.63) is 113 Å². The molecule has 0 aliphatic heterocycles. The van der Waals surface area contributed by atoms with E-state index in [1.165, 1.54) is 6.07 Å². The third-order valence-corrected chi connectivity index (χ3v) is 7.23. The molecular weight excluding hydrogens is 1000 g/mol. The van der Waals surface area contributed by atoms with Crippen molar-refractivity contribution >= 4 is 37.4 Å². The molecule has 0 fully saturated rings. The molecule has 0 atom stereocenters. The number of benzene rings is 3. The zero-order valence-corrected chi connectivity index (χ0v) is 30.2. The van der Waals surface area contributed by atoms with Crippen molar-refractivity contribution < 1.29 is 70.6 Å². The molecule has 2 aromatic heterocycles. The fourth-order valence-electron chi connectivity index (χ4n) is 3.59. The molecule has 0 saturated heterocycles. The Balaban J connectivity index is 0.00000190. The van der Waals surface area contributed by atoms with E-state index in [9.17, 15) is 8.42 Å². The van der Waals surface area contributed by atoms with Gasteiger partial charge in [-0.15, -0.1) is 35.9 Å². The number of nitrogens with one attached hydrogen (secondary N) is 2. The predicted molar refractivity (Wildman–Crippen MR) is 138 cm³/mol. The summed E-state index contributed by atoms with van der Waals surface area (Å²) in [5.74, 6) is 0.777. The number of anilines is 1. The van der Waals surface area contributed by atoms with Gasteiger partial charge in [-0.3, -0.25) is 4.98 Å². The van der Waals surface area contributed by atoms with Gasteiger partial charge < -0.3 is 5.32 Å². The van der Waals surface area contributed by atoms with Gasteiger partial charge in [0, 0.05) is 75.3 Å². The van der Waals surface area contributed by atoms with Crippen molar-refractivity contribution in [2.24, 2.45) is 0 Å². The van der Waals surface area contributed by atoms with Gasteiger partial charge in [0.05, 0.1) is 10.7 Å². The quantitative estimate of drug-likeness (QED) is 0.218. The molecule has 0 bridgehead atoms. The van der Waals surface area contributed by atoms with Crippen molar-refractivity contribution in [3.63, 3.8) is 0 Å². The van der Waals surface area contributed by atoms with E-state index in [2.05, 4.69) is 43.2 Å². The predicted octanol–water partition coefficient (Wildman–Crippen LogP) is 4.85. The second kappa shape index (κ2) is 13.6. The van der Waals surface area contributed by atoms with Crippen molar-refractivity contribution in [1.82, 2.24) is 19.3 Å². The van der Waals surface area contributed by atoms with Crippen LogP contribution < -0.4 is 10.0 Å². The number of sulfonamides is 1. The molecule has 0 amide bonds. The van der Waals surface area contributed by atoms with Crippen LogP contribution in [-0.4, -0.2) is 23.0 Å². The van der Waals surface area contributed by atoms with Crippen LogP contribution in [0.25, 0.3) is 16.9 Å². The zero-order valence-electron chi connectivity index (χ0n) is 19.4. The summed E-state index contributed by atoms with van der Waals surface area (Å²) in [5, 5.41) is 7.86. The second-order valence-electron chi connectivity index (χ2n) is 7.76. The van der Waals surface area contributed by atoms with E-state index in [1.807, 2.05) is 54.6 Å². The van der Waals surface area contributed by atoms with Gasteiger partial charge in [-0.2, -0.15) is 39.9 Å². The van der Waals surface area contributed by atoms with Crippen molar-refractivity contribution in [3.8, 4) is 11.3 Å². The third kappa shape index (κ3) is 7.37. The maximum Gasteiger partial charge on any atom is 0.217 e. The van der Waals surface area contributed by atoms with Crippen molar-refractivity contribution in [2.75, 3.05) is 5.32 Å². The standard InChI is InChI=1S/C26H20BrN5O2S.2U/c27-23-18-29-32-25(15-24(31-26(23)32)21-10-3-1-4-11-21)28-16-19-8-7-9-20(14-19)17-30-35(33,34)22-12-5-2-6-13-22;;/h1-10,12,14-15,18,28,30H,16-17H2;;/q-2;;. The van der Waals surface area contributed by atoms with E-state index in [-0.39, 0.29) is 73.7 Å². The minimum absolute atomic E-state index is 0. The molecule has 0 spiro atoms. The van der Waals surface area contributed by atoms with Crippen LogP contribution in [0.4, 0.5) is 5.82 Å². The molecule has 0 radical (unpaired) electrons. The summed E-state index contributed by atoms with van der Waals surface area (Å²) in [6.45, 7) is 0.695. The van der Waals surface area contributed by atoms with E-state index >= 15 is 0 Å². The van der Waals surface area contributed by atoms with Crippen LogP contribution >= 0.6 is 15.9 Å². The van der Waals surface area contributed by atoms with Gasteiger partial charge in [0.1, 0.15) is 5.82 Å². The minimum Gasteiger partial charge on any atom is -0.366 e. The Kier molecular flexibility index (Phi) is 11.1. The number of hydrogen-bond donors (Lipinski definition) is 2. The van der Waals surface area contributed by atoms with E-state index < -0.39 is 10.0 Å². The maximum atomic E-state index is 12.5. The summed E-state index contributed by atoms with van der Waals surface area (Å²) in [6.07, 6.45) is 1.71. The largest absolute Gasteiger partial charge is 0.366 e. The topological polar surface area (TPSA) is 88.4 Å². The fraction of sp³-hybridized carbons (Fsp3) is 0.0769. The fourth-order valence-corrected chi connectivity index (χ4v) is 4.94. The Bertz CT molecular complexity index is 1580. The third-order valence-electron chi connectivity index (χ3n) is 5.32. The van der Waals surface area contributed by atoms with Crippen molar-refractivity contribution in [2.45, 2.75) is 18.0 Å². The number of halogens is 1. The zero-order chi connectivity index (χ0) is 24.3. The average Bonchev–Trinajstić information content (AvgIpc) is 3.28. The van der Waals surface area contributed by atoms with Gasteiger partial charge in [0.25, 0.3) is 0 Å². The molecule has 7 nitrogen and oxygen atoms in total. The molecule has 11 heteroatoms. The van der Waals surface area contributed by atoms with Gasteiger partial charge in [0.15, 0.2) is 5.65 Å². The van der Waals surface area contributed by atoms with Crippen LogP contribution in [0.5, 0.6) is 0 Å². The summed E-state index contributed by atoms with van der Waals surface area (Å²) >= 11 is 3.52. The second-order valence-corrected chi connectivity index (χ2v) is 10.3. The van der Waals surface area contributed by atoms with Crippen LogP contribution in [0.15, 0.2) is 94.4 Å². The summed E-state index contributed by atoms with van der Waals surface area (Å²) in [5.41, 5.74) is 4.21. The monoisotopic (exact) mass is 1020 g/mol. The van der Waals surface area contributed by atoms with Crippen LogP contribution in [0.2, 0.25) is 0 Å². The molecule has 0 unspecified atom stereocenters. The minimum atomic E-state index is -3.63. The van der Waals surface area contributed by atoms with E-state index in [0.29, 0.717) is 12.2 Å². The number of hydrogen-bond acceptors (Lipinski definition) is 5. The number of rotatable bonds is 8. The molecule has 5 rings (SSSR count). The Morgan fingerprint density at radius 2 is 1.62 bits per heavy atom. The van der Waals surface area contributed by atoms with Gasteiger partial charge in [-0.25, -0.2) is 13.1 Å². The summed E-state index contributed by atoms with van der Waals surface area (Å²) in [6, 6.07) is 29.8. The van der Waals surface area contributed by atoms with E-state index in [4.69, 9.17) is 4.98 Å². The Labute approximate surface area is 271 Å². The molecule has 0 aliphatic rings. The summed E-state index contributed by atoms with van der Waals surface area (Å²) in [7, 11) is -3.63. The van der Waals surface area contributed by atoms with Gasteiger partial charge >= 0.3 is 0 Å². The average molecular weight is 1020 g/mol. The smallest absolute Gasteiger partial charge is 0.217 e. The van der Waals surface area contributed by atoms with Gasteiger partial charge in [0.2, 0.25) is 10.0 Å². The number of aromatic nitrogens is 3. The first kappa shape index (κ1) is 30.1. The Hall–Kier alpha value is -1.43. The molecular formula is C26H20BrN5O2SU2-2. The SMILES string of the molecule is O=S(=O)(NCc1cccc(CNc2cc(-c3[c-]cccc3)nc3c(Br)cnn23)c1)c1[c-]cccc1.[U].[U]. The first-order chi connectivity index (χ1) is 17.0. The Morgan fingerprint density at radius 1 is 0.892 bits per heavy atom. The summed E-state index contributed by atoms with van der Waals surface area (Å²) in [4.78, 5) is 4.84. The Morgan fingerprint density at radius 3 is 2.32 bits per heavy atom. The van der Waals surface area contributed by atoms with Crippen molar-refractivity contribution in [1.29, 1.82) is 0 Å². The summed E-state index contributed by atoms with van der Waals surface area (Å²) < 4.78 is 30.2. The molecule has 3 aromatic carbocycles. The molecule has 0 saturated carbocycles.